The predicted molar refractivity (Wildman–Crippen MR) is 142 cm³/mol. The van der Waals surface area contributed by atoms with Gasteiger partial charge in [0.1, 0.15) is 17.4 Å². The summed E-state index contributed by atoms with van der Waals surface area (Å²) in [6.07, 6.45) is 2.87. The number of hydrogen-bond donors (Lipinski definition) is 2. The lowest BCUT2D eigenvalue weighted by atomic mass is 9.72. The number of amides is 2. The van der Waals surface area contributed by atoms with Crippen molar-refractivity contribution in [2.24, 2.45) is 5.41 Å². The van der Waals surface area contributed by atoms with E-state index in [-0.39, 0.29) is 35.6 Å². The first-order chi connectivity index (χ1) is 18.8. The molecule has 2 aliphatic heterocycles. The zero-order valence-corrected chi connectivity index (χ0v) is 21.7. The van der Waals surface area contributed by atoms with Crippen LogP contribution in [0.25, 0.3) is 0 Å². The second-order valence-corrected chi connectivity index (χ2v) is 10.5. The average molecular weight is 535 g/mol. The van der Waals surface area contributed by atoms with Gasteiger partial charge in [0, 0.05) is 37.7 Å². The zero-order chi connectivity index (χ0) is 27.4. The van der Waals surface area contributed by atoms with Crippen molar-refractivity contribution in [2.75, 3.05) is 26.2 Å². The normalized spacial score (nSPS) is 20.8. The van der Waals surface area contributed by atoms with Gasteiger partial charge in [0.15, 0.2) is 0 Å². The topological polar surface area (TPSA) is 78.9 Å². The highest BCUT2D eigenvalue weighted by atomic mass is 19.1. The molecule has 2 heterocycles. The predicted octanol–water partition coefficient (Wildman–Crippen LogP) is 4.63. The number of hydrogen-bond acceptors (Lipinski definition) is 4. The Labute approximate surface area is 226 Å². The van der Waals surface area contributed by atoms with Gasteiger partial charge in [-0.1, -0.05) is 36.4 Å². The molecule has 5 rings (SSSR count). The molecule has 2 saturated heterocycles. The SMILES string of the molecule is O=C(Cc1ccccc1Cc1ccc(F)cc1)NC[C@@]12CCCO[C@@H]1CCN(C(=O)c1ccc(O)cc1F)C2. The molecule has 0 spiro atoms. The number of halogens is 2. The molecule has 0 unspecified atom stereocenters. The first-order valence-corrected chi connectivity index (χ1v) is 13.3. The van der Waals surface area contributed by atoms with Gasteiger partial charge in [-0.2, -0.15) is 0 Å². The van der Waals surface area contributed by atoms with E-state index >= 15 is 0 Å². The van der Waals surface area contributed by atoms with E-state index in [2.05, 4.69) is 5.32 Å². The standard InChI is InChI=1S/C31H32F2N2O4/c32-24-8-6-21(7-9-24)16-22-4-1-2-5-23(22)17-29(37)34-19-31-13-3-15-39-28(31)12-14-35(20-31)30(38)26-11-10-25(36)18-27(26)33/h1-2,4-11,18,28,36H,3,12-17,19-20H2,(H,34,37)/t28-,31-/m1/s1. The fraction of sp³-hybridized carbons (Fsp3) is 0.355. The fourth-order valence-corrected chi connectivity index (χ4v) is 5.80. The van der Waals surface area contributed by atoms with Crippen molar-refractivity contribution in [1.29, 1.82) is 0 Å². The summed E-state index contributed by atoms with van der Waals surface area (Å²) in [6.45, 7) is 1.75. The largest absolute Gasteiger partial charge is 0.508 e. The van der Waals surface area contributed by atoms with Crippen LogP contribution in [0.1, 0.15) is 46.3 Å². The second-order valence-electron chi connectivity index (χ2n) is 10.5. The third kappa shape index (κ3) is 6.11. The molecule has 2 aliphatic rings. The minimum Gasteiger partial charge on any atom is -0.508 e. The van der Waals surface area contributed by atoms with Gasteiger partial charge in [-0.3, -0.25) is 9.59 Å². The van der Waals surface area contributed by atoms with Crippen LogP contribution in [0.2, 0.25) is 0 Å². The Morgan fingerprint density at radius 2 is 1.82 bits per heavy atom. The summed E-state index contributed by atoms with van der Waals surface area (Å²) < 4.78 is 33.8. The lowest BCUT2D eigenvalue weighted by molar-refractivity contribution is -0.129. The number of carbonyl (C=O) groups excluding carboxylic acids is 2. The van der Waals surface area contributed by atoms with E-state index < -0.39 is 17.1 Å². The number of nitrogens with one attached hydrogen (secondary N) is 1. The molecular weight excluding hydrogens is 502 g/mol. The summed E-state index contributed by atoms with van der Waals surface area (Å²) in [7, 11) is 0. The Morgan fingerprint density at radius 3 is 2.59 bits per heavy atom. The third-order valence-electron chi connectivity index (χ3n) is 7.87. The molecule has 0 aromatic heterocycles. The minimum absolute atomic E-state index is 0.0834. The van der Waals surface area contributed by atoms with E-state index in [9.17, 15) is 23.5 Å². The van der Waals surface area contributed by atoms with Gasteiger partial charge in [-0.05, 0) is 66.6 Å². The monoisotopic (exact) mass is 534 g/mol. The molecule has 0 radical (unpaired) electrons. The Morgan fingerprint density at radius 1 is 1.05 bits per heavy atom. The van der Waals surface area contributed by atoms with Gasteiger partial charge < -0.3 is 20.1 Å². The molecular formula is C31H32F2N2O4. The van der Waals surface area contributed by atoms with Crippen molar-refractivity contribution in [3.05, 3.63) is 101 Å². The van der Waals surface area contributed by atoms with Crippen molar-refractivity contribution in [3.8, 4) is 5.75 Å². The third-order valence-corrected chi connectivity index (χ3v) is 7.87. The lowest BCUT2D eigenvalue weighted by Crippen LogP contribution is -2.60. The molecule has 2 amide bonds. The van der Waals surface area contributed by atoms with E-state index in [1.54, 1.807) is 17.0 Å². The van der Waals surface area contributed by atoms with Gasteiger partial charge in [-0.15, -0.1) is 0 Å². The summed E-state index contributed by atoms with van der Waals surface area (Å²) in [5.74, 6) is -1.84. The van der Waals surface area contributed by atoms with Crippen LogP contribution in [-0.4, -0.2) is 54.2 Å². The minimum atomic E-state index is -0.760. The maximum absolute atomic E-state index is 14.4. The first kappa shape index (κ1) is 26.8. The van der Waals surface area contributed by atoms with Crippen LogP contribution in [0.4, 0.5) is 8.78 Å². The molecule has 2 N–H and O–H groups in total. The number of piperidine rings is 1. The highest BCUT2D eigenvalue weighted by Gasteiger charge is 2.47. The molecule has 204 valence electrons. The van der Waals surface area contributed by atoms with E-state index in [0.29, 0.717) is 39.1 Å². The number of rotatable bonds is 7. The lowest BCUT2D eigenvalue weighted by Gasteiger charge is -2.50. The summed E-state index contributed by atoms with van der Waals surface area (Å²) >= 11 is 0. The van der Waals surface area contributed by atoms with Gasteiger partial charge in [0.25, 0.3) is 5.91 Å². The Kier molecular flexibility index (Phi) is 7.93. The quantitative estimate of drug-likeness (QED) is 0.463. The maximum atomic E-state index is 14.4. The van der Waals surface area contributed by atoms with Gasteiger partial charge >= 0.3 is 0 Å². The number of benzene rings is 3. The summed E-state index contributed by atoms with van der Waals surface area (Å²) in [4.78, 5) is 28.0. The number of likely N-dealkylation sites (tertiary alicyclic amines) is 1. The van der Waals surface area contributed by atoms with Crippen molar-refractivity contribution in [2.45, 2.75) is 38.2 Å². The van der Waals surface area contributed by atoms with Crippen molar-refractivity contribution < 1.29 is 28.2 Å². The Hall–Kier alpha value is -3.78. The van der Waals surface area contributed by atoms with E-state index in [0.717, 1.165) is 35.6 Å². The van der Waals surface area contributed by atoms with Crippen molar-refractivity contribution in [1.82, 2.24) is 10.2 Å². The summed E-state index contributed by atoms with van der Waals surface area (Å²) in [5, 5.41) is 12.6. The van der Waals surface area contributed by atoms with Crippen LogP contribution in [0.3, 0.4) is 0 Å². The molecule has 2 atom stereocenters. The number of phenols is 1. The number of phenolic OH excluding ortho intramolecular Hbond substituents is 1. The van der Waals surface area contributed by atoms with E-state index in [1.807, 2.05) is 24.3 Å². The van der Waals surface area contributed by atoms with Crippen LogP contribution in [0.15, 0.2) is 66.7 Å². The Balaban J connectivity index is 1.27. The zero-order valence-electron chi connectivity index (χ0n) is 21.7. The number of fused-ring (bicyclic) bond motifs is 1. The fourth-order valence-electron chi connectivity index (χ4n) is 5.80. The number of ether oxygens (including phenoxy) is 1. The molecule has 39 heavy (non-hydrogen) atoms. The first-order valence-electron chi connectivity index (χ1n) is 13.3. The van der Waals surface area contributed by atoms with Crippen LogP contribution in [0, 0.1) is 17.0 Å². The molecule has 0 bridgehead atoms. The molecule has 0 aliphatic carbocycles. The van der Waals surface area contributed by atoms with Gasteiger partial charge in [0.05, 0.1) is 18.1 Å². The van der Waals surface area contributed by atoms with Gasteiger partial charge in [0.2, 0.25) is 5.91 Å². The van der Waals surface area contributed by atoms with Crippen molar-refractivity contribution >= 4 is 11.8 Å². The highest BCUT2D eigenvalue weighted by Crippen LogP contribution is 2.40. The van der Waals surface area contributed by atoms with E-state index in [1.165, 1.54) is 24.3 Å². The highest BCUT2D eigenvalue weighted by molar-refractivity contribution is 5.94. The number of nitrogens with zero attached hydrogens (tertiary/aromatic N) is 1. The van der Waals surface area contributed by atoms with Crippen LogP contribution in [-0.2, 0) is 22.4 Å². The molecule has 3 aromatic carbocycles. The van der Waals surface area contributed by atoms with Gasteiger partial charge in [-0.25, -0.2) is 8.78 Å². The number of aromatic hydroxyl groups is 1. The smallest absolute Gasteiger partial charge is 0.256 e. The van der Waals surface area contributed by atoms with Crippen LogP contribution in [0.5, 0.6) is 5.75 Å². The van der Waals surface area contributed by atoms with Crippen molar-refractivity contribution in [3.63, 3.8) is 0 Å². The summed E-state index contributed by atoms with van der Waals surface area (Å²) in [5.41, 5.74) is 2.31. The molecule has 2 fully saturated rings. The molecule has 8 heteroatoms. The number of carbonyl (C=O) groups is 2. The van der Waals surface area contributed by atoms with Crippen LogP contribution >= 0.6 is 0 Å². The molecule has 6 nitrogen and oxygen atoms in total. The second kappa shape index (κ2) is 11.5. The van der Waals surface area contributed by atoms with E-state index in [4.69, 9.17) is 4.74 Å². The summed E-state index contributed by atoms with van der Waals surface area (Å²) in [6, 6.07) is 17.6. The molecule has 0 saturated carbocycles. The van der Waals surface area contributed by atoms with Crippen LogP contribution < -0.4 is 5.32 Å². The molecule has 3 aromatic rings. The average Bonchev–Trinajstić information content (AvgIpc) is 2.93. The Bertz CT molecular complexity index is 1350. The maximum Gasteiger partial charge on any atom is 0.256 e.